The highest BCUT2D eigenvalue weighted by Crippen LogP contribution is 2.43. The molecule has 0 radical (unpaired) electrons. The fraction of sp³-hybridized carbons (Fsp3) is 0.222. The van der Waals surface area contributed by atoms with Crippen LogP contribution in [0.5, 0.6) is 0 Å². The highest BCUT2D eigenvalue weighted by atomic mass is 35.5. The summed E-state index contributed by atoms with van der Waals surface area (Å²) in [5.74, 6) is -3.58. The van der Waals surface area contributed by atoms with Crippen LogP contribution in [-0.2, 0) is 0 Å². The second-order valence-electron chi connectivity index (χ2n) is 5.83. The van der Waals surface area contributed by atoms with Gasteiger partial charge in [0.15, 0.2) is 0 Å². The van der Waals surface area contributed by atoms with E-state index in [-0.39, 0.29) is 22.3 Å². The van der Waals surface area contributed by atoms with Gasteiger partial charge in [-0.15, -0.1) is 0 Å². The Morgan fingerprint density at radius 1 is 1.07 bits per heavy atom. The zero-order valence-electron chi connectivity index (χ0n) is 15.0. The van der Waals surface area contributed by atoms with Crippen molar-refractivity contribution in [2.24, 2.45) is 0 Å². The normalized spacial score (nSPS) is 12.4. The summed E-state index contributed by atoms with van der Waals surface area (Å²) in [6.07, 6.45) is 0. The van der Waals surface area contributed by atoms with Crippen molar-refractivity contribution in [3.63, 3.8) is 0 Å². The molecule has 4 nitrogen and oxygen atoms in total. The molecule has 2 aromatic carbocycles. The van der Waals surface area contributed by atoms with Crippen LogP contribution < -0.4 is 10.6 Å². The van der Waals surface area contributed by atoms with E-state index in [4.69, 9.17) is 11.6 Å². The molecule has 11 heteroatoms. The van der Waals surface area contributed by atoms with E-state index in [1.54, 1.807) is 5.32 Å². The highest BCUT2D eigenvalue weighted by molar-refractivity contribution is 8.00. The highest BCUT2D eigenvalue weighted by Gasteiger charge is 2.40. The van der Waals surface area contributed by atoms with Crippen LogP contribution in [0.15, 0.2) is 35.2 Å². The maximum absolute atomic E-state index is 13.6. The lowest BCUT2D eigenvalue weighted by molar-refractivity contribution is 0.0537. The number of amides is 3. The van der Waals surface area contributed by atoms with Crippen LogP contribution in [0.4, 0.5) is 32.4 Å². The first kappa shape index (κ1) is 23.0. The van der Waals surface area contributed by atoms with Gasteiger partial charge in [0.05, 0.1) is 0 Å². The van der Waals surface area contributed by atoms with E-state index in [1.807, 2.05) is 0 Å². The van der Waals surface area contributed by atoms with Crippen LogP contribution in [0.2, 0.25) is 0 Å². The number of thioether (sulfide) groups is 1. The standard InChI is InChI=1S/C18H14ClF5N2O2S/c1-8-9(2)13(29-18(23,24)16(19)22)7-6-12(8)25-17(28)26-15(27)14-10(20)4-3-5-11(14)21/h3-7,16H,1-2H3,(H2,25,26,27,28). The Kier molecular flexibility index (Phi) is 7.12. The number of anilines is 1. The minimum Gasteiger partial charge on any atom is -0.307 e. The predicted octanol–water partition coefficient (Wildman–Crippen LogP) is 5.76. The lowest BCUT2D eigenvalue weighted by Crippen LogP contribution is -2.35. The minimum atomic E-state index is -3.86. The number of hydrogen-bond donors (Lipinski definition) is 2. The number of rotatable bonds is 5. The number of carbonyl (C=O) groups excluding carboxylic acids is 2. The predicted molar refractivity (Wildman–Crippen MR) is 100 cm³/mol. The molecule has 0 aliphatic heterocycles. The second kappa shape index (κ2) is 9.00. The van der Waals surface area contributed by atoms with Crippen LogP contribution in [0.3, 0.4) is 0 Å². The Hall–Kier alpha value is -2.33. The number of alkyl halides is 4. The molecule has 0 aliphatic carbocycles. The zero-order valence-corrected chi connectivity index (χ0v) is 16.5. The van der Waals surface area contributed by atoms with Crippen LogP contribution in [0, 0.1) is 25.5 Å². The van der Waals surface area contributed by atoms with E-state index in [1.165, 1.54) is 26.0 Å². The lowest BCUT2D eigenvalue weighted by atomic mass is 10.1. The summed E-state index contributed by atoms with van der Waals surface area (Å²) in [4.78, 5) is 24.0. The van der Waals surface area contributed by atoms with E-state index in [2.05, 4.69) is 5.32 Å². The van der Waals surface area contributed by atoms with E-state index in [9.17, 15) is 31.5 Å². The Bertz CT molecular complexity index is 936. The van der Waals surface area contributed by atoms with Crippen LogP contribution in [-0.4, -0.2) is 22.8 Å². The average Bonchev–Trinajstić information content (AvgIpc) is 2.61. The summed E-state index contributed by atoms with van der Waals surface area (Å²) in [5, 5.41) is 0.211. The van der Waals surface area contributed by atoms with Crippen molar-refractivity contribution in [3.8, 4) is 0 Å². The molecular formula is C18H14ClF5N2O2S. The first-order valence-corrected chi connectivity index (χ1v) is 9.21. The van der Waals surface area contributed by atoms with E-state index < -0.39 is 40.0 Å². The number of carbonyl (C=O) groups is 2. The Labute approximate surface area is 171 Å². The number of hydrogen-bond acceptors (Lipinski definition) is 3. The molecule has 3 amide bonds. The average molecular weight is 453 g/mol. The van der Waals surface area contributed by atoms with Crippen molar-refractivity contribution in [2.75, 3.05) is 5.32 Å². The molecule has 1 unspecified atom stereocenters. The van der Waals surface area contributed by atoms with Gasteiger partial charge in [0.2, 0.25) is 5.63 Å². The molecule has 0 aliphatic rings. The topological polar surface area (TPSA) is 58.2 Å². The Morgan fingerprint density at radius 3 is 2.21 bits per heavy atom. The van der Waals surface area contributed by atoms with Crippen molar-refractivity contribution in [3.05, 3.63) is 58.7 Å². The molecule has 156 valence electrons. The number of imide groups is 1. The second-order valence-corrected chi connectivity index (χ2v) is 7.40. The quantitative estimate of drug-likeness (QED) is 0.344. The first-order chi connectivity index (χ1) is 13.4. The van der Waals surface area contributed by atoms with Gasteiger partial charge in [-0.2, -0.15) is 8.78 Å². The number of benzene rings is 2. The number of urea groups is 1. The third-order valence-corrected chi connectivity index (χ3v) is 5.45. The first-order valence-electron chi connectivity index (χ1n) is 7.95. The van der Waals surface area contributed by atoms with E-state index in [0.717, 1.165) is 18.2 Å². The smallest absolute Gasteiger partial charge is 0.307 e. The summed E-state index contributed by atoms with van der Waals surface area (Å²) in [6.45, 7) is 2.97. The lowest BCUT2D eigenvalue weighted by Gasteiger charge is -2.19. The van der Waals surface area contributed by atoms with Crippen LogP contribution in [0.1, 0.15) is 21.5 Å². The summed E-state index contributed by atoms with van der Waals surface area (Å²) >= 11 is 4.77. The van der Waals surface area contributed by atoms with Gasteiger partial charge in [-0.25, -0.2) is 18.0 Å². The fourth-order valence-corrected chi connectivity index (χ4v) is 3.23. The number of nitrogens with one attached hydrogen (secondary N) is 2. The molecule has 2 aromatic rings. The van der Waals surface area contributed by atoms with E-state index in [0.29, 0.717) is 11.1 Å². The van der Waals surface area contributed by atoms with Gasteiger partial charge in [0.25, 0.3) is 5.91 Å². The van der Waals surface area contributed by atoms with Gasteiger partial charge in [0, 0.05) is 10.6 Å². The van der Waals surface area contributed by atoms with Gasteiger partial charge < -0.3 is 5.32 Å². The van der Waals surface area contributed by atoms with Gasteiger partial charge >= 0.3 is 11.3 Å². The zero-order chi connectivity index (χ0) is 21.9. The molecule has 2 rings (SSSR count). The van der Waals surface area contributed by atoms with Crippen molar-refractivity contribution in [2.45, 2.75) is 29.6 Å². The van der Waals surface area contributed by atoms with Gasteiger partial charge in [-0.3, -0.25) is 10.1 Å². The molecule has 1 atom stereocenters. The Balaban J connectivity index is 2.15. The van der Waals surface area contributed by atoms with Crippen LogP contribution in [0.25, 0.3) is 0 Å². The van der Waals surface area contributed by atoms with Gasteiger partial charge in [0.1, 0.15) is 17.2 Å². The molecule has 29 heavy (non-hydrogen) atoms. The molecule has 0 spiro atoms. The summed E-state index contributed by atoms with van der Waals surface area (Å²) in [5.41, 5.74) is -2.99. The third kappa shape index (κ3) is 5.39. The summed E-state index contributed by atoms with van der Waals surface area (Å²) in [6, 6.07) is 4.17. The molecular weight excluding hydrogens is 439 g/mol. The summed E-state index contributed by atoms with van der Waals surface area (Å²) in [7, 11) is 0. The van der Waals surface area contributed by atoms with E-state index >= 15 is 0 Å². The van der Waals surface area contributed by atoms with Gasteiger partial charge in [-0.05, 0) is 61.0 Å². The van der Waals surface area contributed by atoms with Crippen molar-refractivity contribution < 1.29 is 31.5 Å². The third-order valence-electron chi connectivity index (χ3n) is 3.90. The summed E-state index contributed by atoms with van der Waals surface area (Å²) < 4.78 is 67.0. The monoisotopic (exact) mass is 452 g/mol. The molecule has 0 fully saturated rings. The Morgan fingerprint density at radius 2 is 1.66 bits per heavy atom. The van der Waals surface area contributed by atoms with Crippen molar-refractivity contribution >= 4 is 41.0 Å². The van der Waals surface area contributed by atoms with Crippen molar-refractivity contribution in [1.29, 1.82) is 0 Å². The number of halogens is 6. The molecule has 0 bridgehead atoms. The molecule has 0 saturated heterocycles. The maximum atomic E-state index is 13.6. The van der Waals surface area contributed by atoms with Crippen LogP contribution >= 0.6 is 23.4 Å². The fourth-order valence-electron chi connectivity index (χ4n) is 2.27. The minimum absolute atomic E-state index is 0.0336. The molecule has 2 N–H and O–H groups in total. The molecule has 0 aromatic heterocycles. The maximum Gasteiger partial charge on any atom is 0.342 e. The van der Waals surface area contributed by atoms with Crippen molar-refractivity contribution in [1.82, 2.24) is 5.32 Å². The SMILES string of the molecule is Cc1c(NC(=O)NC(=O)c2c(F)cccc2F)ccc(SC(F)(F)C(F)Cl)c1C. The van der Waals surface area contributed by atoms with Gasteiger partial charge in [-0.1, -0.05) is 17.7 Å². The largest absolute Gasteiger partial charge is 0.342 e. The molecule has 0 saturated carbocycles. The molecule has 0 heterocycles.